The smallest absolute Gasteiger partial charge is 0.319 e. The second kappa shape index (κ2) is 6.95. The molecule has 0 aliphatic heterocycles. The molecule has 0 fully saturated rings. The number of carbonyl (C=O) groups is 1. The Balaban J connectivity index is 1.93. The van der Waals surface area contributed by atoms with Gasteiger partial charge in [0.25, 0.3) is 0 Å². The first-order chi connectivity index (χ1) is 11.6. The highest BCUT2D eigenvalue weighted by molar-refractivity contribution is 5.89. The number of nitrogens with zero attached hydrogens (tertiary/aromatic N) is 3. The van der Waals surface area contributed by atoms with Gasteiger partial charge in [-0.05, 0) is 38.5 Å². The molecule has 1 atom stereocenters. The zero-order valence-corrected chi connectivity index (χ0v) is 14.9. The predicted octanol–water partition coefficient (Wildman–Crippen LogP) is 2.25. The molecule has 2 rings (SSSR count). The average Bonchev–Trinajstić information content (AvgIpc) is 3.01. The number of amides is 2. The fourth-order valence-corrected chi connectivity index (χ4v) is 2.26. The Labute approximate surface area is 147 Å². The van der Waals surface area contributed by atoms with Crippen LogP contribution in [0.2, 0.25) is 0 Å². The Morgan fingerprint density at radius 3 is 2.44 bits per heavy atom. The fraction of sp³-hybridized carbons (Fsp3) is 0.389. The van der Waals surface area contributed by atoms with Crippen LogP contribution in [0.15, 0.2) is 36.7 Å². The molecule has 7 heteroatoms. The first-order valence-electron chi connectivity index (χ1n) is 7.92. The Morgan fingerprint density at radius 2 is 1.92 bits per heavy atom. The molecule has 0 bridgehead atoms. The van der Waals surface area contributed by atoms with Gasteiger partial charge in [-0.2, -0.15) is 10.4 Å². The van der Waals surface area contributed by atoms with Crippen molar-refractivity contribution in [2.45, 2.75) is 31.8 Å². The number of aliphatic hydroxyl groups is 1. The molecule has 1 heterocycles. The fourth-order valence-electron chi connectivity index (χ4n) is 2.26. The van der Waals surface area contributed by atoms with Crippen LogP contribution in [0, 0.1) is 11.3 Å². The van der Waals surface area contributed by atoms with Gasteiger partial charge in [-0.15, -0.1) is 0 Å². The summed E-state index contributed by atoms with van der Waals surface area (Å²) in [5.74, 6) is 0. The van der Waals surface area contributed by atoms with Crippen molar-refractivity contribution in [1.82, 2.24) is 15.1 Å². The van der Waals surface area contributed by atoms with Gasteiger partial charge in [0.1, 0.15) is 5.60 Å². The van der Waals surface area contributed by atoms with Crippen LogP contribution in [0.4, 0.5) is 10.5 Å². The van der Waals surface area contributed by atoms with Gasteiger partial charge >= 0.3 is 6.03 Å². The largest absolute Gasteiger partial charge is 0.383 e. The Kier molecular flexibility index (Phi) is 5.14. The Bertz CT molecular complexity index is 785. The van der Waals surface area contributed by atoms with Gasteiger partial charge in [0.15, 0.2) is 0 Å². The van der Waals surface area contributed by atoms with Gasteiger partial charge in [0.05, 0.1) is 24.2 Å². The number of carbonyl (C=O) groups excluding carboxylic acids is 1. The van der Waals surface area contributed by atoms with E-state index in [0.717, 1.165) is 5.56 Å². The Morgan fingerprint density at radius 1 is 1.28 bits per heavy atom. The summed E-state index contributed by atoms with van der Waals surface area (Å²) in [6.07, 6.45) is 3.27. The maximum atomic E-state index is 12.0. The molecule has 0 radical (unpaired) electrons. The third-order valence-electron chi connectivity index (χ3n) is 4.06. The summed E-state index contributed by atoms with van der Waals surface area (Å²) in [6, 6.07) is 8.92. The van der Waals surface area contributed by atoms with Crippen LogP contribution in [0.3, 0.4) is 0 Å². The van der Waals surface area contributed by atoms with Gasteiger partial charge in [-0.25, -0.2) is 4.79 Å². The molecule has 0 aliphatic rings. The van der Waals surface area contributed by atoms with E-state index in [1.165, 1.54) is 0 Å². The summed E-state index contributed by atoms with van der Waals surface area (Å²) < 4.78 is 1.59. The van der Waals surface area contributed by atoms with Crippen LogP contribution >= 0.6 is 0 Å². The maximum absolute atomic E-state index is 12.0. The van der Waals surface area contributed by atoms with Crippen LogP contribution in [-0.2, 0) is 18.1 Å². The van der Waals surface area contributed by atoms with Crippen LogP contribution in [0.25, 0.3) is 0 Å². The highest BCUT2D eigenvalue weighted by atomic mass is 16.3. The lowest BCUT2D eigenvalue weighted by Gasteiger charge is -2.22. The van der Waals surface area contributed by atoms with Crippen molar-refractivity contribution in [2.24, 2.45) is 7.05 Å². The highest BCUT2D eigenvalue weighted by Gasteiger charge is 2.25. The van der Waals surface area contributed by atoms with Crippen LogP contribution in [-0.4, -0.2) is 27.5 Å². The second-order valence-electron chi connectivity index (χ2n) is 6.80. The summed E-state index contributed by atoms with van der Waals surface area (Å²) in [7, 11) is 1.76. The van der Waals surface area contributed by atoms with E-state index in [1.807, 2.05) is 26.0 Å². The van der Waals surface area contributed by atoms with Crippen molar-refractivity contribution in [3.05, 3.63) is 47.8 Å². The number of hydrogen-bond acceptors (Lipinski definition) is 4. The SMILES string of the molecule is Cn1cc(C(C)(O)CNC(=O)Nc2ccc(C(C)(C)C#N)cc2)cn1. The normalized spacial score (nSPS) is 13.6. The molecule has 1 unspecified atom stereocenters. The molecule has 0 saturated heterocycles. The quantitative estimate of drug-likeness (QED) is 0.776. The minimum atomic E-state index is -1.22. The van der Waals surface area contributed by atoms with E-state index in [4.69, 9.17) is 5.26 Å². The van der Waals surface area contributed by atoms with E-state index in [-0.39, 0.29) is 6.54 Å². The lowest BCUT2D eigenvalue weighted by molar-refractivity contribution is 0.0599. The maximum Gasteiger partial charge on any atom is 0.319 e. The van der Waals surface area contributed by atoms with Crippen molar-refractivity contribution in [3.63, 3.8) is 0 Å². The summed E-state index contributed by atoms with van der Waals surface area (Å²) in [6.45, 7) is 5.33. The first-order valence-corrected chi connectivity index (χ1v) is 7.92. The molecule has 7 nitrogen and oxygen atoms in total. The minimum absolute atomic E-state index is 0.0457. The third kappa shape index (κ3) is 4.58. The topological polar surface area (TPSA) is 103 Å². The molecule has 132 valence electrons. The molecule has 0 spiro atoms. The number of urea groups is 1. The number of nitrogens with one attached hydrogen (secondary N) is 2. The molecule has 25 heavy (non-hydrogen) atoms. The van der Waals surface area contributed by atoms with Gasteiger partial charge in [-0.1, -0.05) is 12.1 Å². The van der Waals surface area contributed by atoms with Gasteiger partial charge in [0.2, 0.25) is 0 Å². The number of hydrogen-bond donors (Lipinski definition) is 3. The highest BCUT2D eigenvalue weighted by Crippen LogP contribution is 2.23. The summed E-state index contributed by atoms with van der Waals surface area (Å²) in [4.78, 5) is 12.0. The standard InChI is InChI=1S/C18H23N5O2/c1-17(2,11-19)13-5-7-15(8-6-13)22-16(24)20-12-18(3,25)14-9-21-23(4)10-14/h5-10,25H,12H2,1-4H3,(H2,20,22,24). The lowest BCUT2D eigenvalue weighted by Crippen LogP contribution is -2.40. The predicted molar refractivity (Wildman–Crippen MR) is 94.9 cm³/mol. The van der Waals surface area contributed by atoms with E-state index in [9.17, 15) is 9.90 Å². The van der Waals surface area contributed by atoms with E-state index < -0.39 is 17.0 Å². The number of nitriles is 1. The van der Waals surface area contributed by atoms with E-state index in [1.54, 1.807) is 43.2 Å². The number of aryl methyl sites for hydroxylation is 1. The number of aromatic nitrogens is 2. The minimum Gasteiger partial charge on any atom is -0.383 e. The second-order valence-corrected chi connectivity index (χ2v) is 6.80. The summed E-state index contributed by atoms with van der Waals surface area (Å²) >= 11 is 0. The third-order valence-corrected chi connectivity index (χ3v) is 4.06. The van der Waals surface area contributed by atoms with Crippen molar-refractivity contribution < 1.29 is 9.90 Å². The number of benzene rings is 1. The number of rotatable bonds is 5. The first kappa shape index (κ1) is 18.5. The molecule has 3 N–H and O–H groups in total. The molecule has 1 aromatic carbocycles. The van der Waals surface area contributed by atoms with Crippen molar-refractivity contribution >= 4 is 11.7 Å². The molecule has 1 aromatic heterocycles. The zero-order valence-electron chi connectivity index (χ0n) is 14.9. The molecule has 0 aliphatic carbocycles. The Hall–Kier alpha value is -2.85. The van der Waals surface area contributed by atoms with Crippen LogP contribution in [0.1, 0.15) is 31.9 Å². The van der Waals surface area contributed by atoms with Gasteiger partial charge in [-0.3, -0.25) is 4.68 Å². The molecule has 2 amide bonds. The molecular formula is C18H23N5O2. The molecule has 0 saturated carbocycles. The van der Waals surface area contributed by atoms with Crippen molar-refractivity contribution in [2.75, 3.05) is 11.9 Å². The van der Waals surface area contributed by atoms with Crippen LogP contribution in [0.5, 0.6) is 0 Å². The average molecular weight is 341 g/mol. The van der Waals surface area contributed by atoms with Crippen molar-refractivity contribution in [3.8, 4) is 6.07 Å². The van der Waals surface area contributed by atoms with Gasteiger partial charge in [0, 0.05) is 24.5 Å². The molecular weight excluding hydrogens is 318 g/mol. The summed E-state index contributed by atoms with van der Waals surface area (Å²) in [5, 5.41) is 29.0. The van der Waals surface area contributed by atoms with E-state index >= 15 is 0 Å². The zero-order chi connectivity index (χ0) is 18.7. The summed E-state index contributed by atoms with van der Waals surface area (Å²) in [5.41, 5.74) is 0.310. The van der Waals surface area contributed by atoms with Gasteiger partial charge < -0.3 is 15.7 Å². The van der Waals surface area contributed by atoms with E-state index in [0.29, 0.717) is 11.3 Å². The lowest BCUT2D eigenvalue weighted by atomic mass is 9.86. The van der Waals surface area contributed by atoms with Crippen LogP contribution < -0.4 is 10.6 Å². The monoisotopic (exact) mass is 341 g/mol. The van der Waals surface area contributed by atoms with E-state index in [2.05, 4.69) is 21.8 Å². The molecule has 2 aromatic rings. The number of anilines is 1. The van der Waals surface area contributed by atoms with Crippen molar-refractivity contribution in [1.29, 1.82) is 5.26 Å².